The normalized spacial score (nSPS) is 19.1. The van der Waals surface area contributed by atoms with Crippen LogP contribution in [0.25, 0.3) is 0 Å². The first-order valence-corrected chi connectivity index (χ1v) is 7.03. The minimum atomic E-state index is -0.504. The summed E-state index contributed by atoms with van der Waals surface area (Å²) in [6.07, 6.45) is 7.46. The van der Waals surface area contributed by atoms with Gasteiger partial charge in [0.25, 0.3) is 0 Å². The molecule has 0 aromatic carbocycles. The summed E-state index contributed by atoms with van der Waals surface area (Å²) in [5.41, 5.74) is 5.42. The van der Waals surface area contributed by atoms with Gasteiger partial charge in [-0.1, -0.05) is 30.9 Å². The molecule has 94 valence electrons. The van der Waals surface area contributed by atoms with Gasteiger partial charge < -0.3 is 5.73 Å². The second-order valence-corrected chi connectivity index (χ2v) is 6.03. The van der Waals surface area contributed by atoms with E-state index in [4.69, 9.17) is 17.3 Å². The van der Waals surface area contributed by atoms with E-state index >= 15 is 0 Å². The van der Waals surface area contributed by atoms with Crippen LogP contribution in [-0.4, -0.2) is 16.9 Å². The van der Waals surface area contributed by atoms with E-state index in [1.165, 1.54) is 30.6 Å². The number of hydrogen-bond acceptors (Lipinski definition) is 4. The molecule has 0 bridgehead atoms. The van der Waals surface area contributed by atoms with E-state index < -0.39 is 6.04 Å². The van der Waals surface area contributed by atoms with Crippen LogP contribution in [0.4, 0.5) is 0 Å². The van der Waals surface area contributed by atoms with Crippen LogP contribution in [0, 0.1) is 0 Å². The first-order chi connectivity index (χ1) is 8.16. The SMILES string of the molecule is NC(=O)C(NC1CCCCC1)c1ncc(Cl)s1. The number of amides is 1. The molecule has 6 heteroatoms. The third-order valence-electron chi connectivity index (χ3n) is 3.03. The Hall–Kier alpha value is -0.650. The minimum absolute atomic E-state index is 0.365. The fourth-order valence-electron chi connectivity index (χ4n) is 2.18. The maximum atomic E-state index is 11.5. The maximum Gasteiger partial charge on any atom is 0.241 e. The molecule has 0 radical (unpaired) electrons. The third-order valence-corrected chi connectivity index (χ3v) is 4.21. The average molecular weight is 274 g/mol. The standard InChI is InChI=1S/C11H16ClN3OS/c12-8-6-14-11(17-8)9(10(13)16)15-7-4-2-1-3-5-7/h6-7,9,15H,1-5H2,(H2,13,16). The number of aromatic nitrogens is 1. The van der Waals surface area contributed by atoms with Crippen molar-refractivity contribution in [3.8, 4) is 0 Å². The second-order valence-electron chi connectivity index (χ2n) is 4.34. The Morgan fingerprint density at radius 1 is 1.53 bits per heavy atom. The molecule has 1 fully saturated rings. The molecule has 17 heavy (non-hydrogen) atoms. The molecule has 1 amide bonds. The lowest BCUT2D eigenvalue weighted by molar-refractivity contribution is -0.120. The molecule has 1 aromatic rings. The van der Waals surface area contributed by atoms with Crippen LogP contribution >= 0.6 is 22.9 Å². The van der Waals surface area contributed by atoms with Crippen LogP contribution in [0.2, 0.25) is 4.34 Å². The Morgan fingerprint density at radius 2 is 2.24 bits per heavy atom. The molecule has 1 heterocycles. The van der Waals surface area contributed by atoms with Gasteiger partial charge in [0.1, 0.15) is 15.4 Å². The Bertz CT molecular complexity index is 390. The molecule has 4 nitrogen and oxygen atoms in total. The summed E-state index contributed by atoms with van der Waals surface area (Å²) in [6, 6.07) is -0.139. The molecule has 0 saturated heterocycles. The minimum Gasteiger partial charge on any atom is -0.368 e. The van der Waals surface area contributed by atoms with Gasteiger partial charge in [-0.2, -0.15) is 0 Å². The van der Waals surface area contributed by atoms with E-state index in [9.17, 15) is 4.79 Å². The fourth-order valence-corrected chi connectivity index (χ4v) is 3.18. The van der Waals surface area contributed by atoms with E-state index in [2.05, 4.69) is 10.3 Å². The van der Waals surface area contributed by atoms with Crippen LogP contribution in [-0.2, 0) is 4.79 Å². The van der Waals surface area contributed by atoms with E-state index in [0.29, 0.717) is 15.4 Å². The van der Waals surface area contributed by atoms with Crippen molar-refractivity contribution in [1.82, 2.24) is 10.3 Å². The van der Waals surface area contributed by atoms with E-state index in [-0.39, 0.29) is 5.91 Å². The van der Waals surface area contributed by atoms with E-state index in [1.54, 1.807) is 6.20 Å². The lowest BCUT2D eigenvalue weighted by Crippen LogP contribution is -2.40. The number of nitrogens with two attached hydrogens (primary N) is 1. The van der Waals surface area contributed by atoms with Crippen LogP contribution in [0.15, 0.2) is 6.20 Å². The highest BCUT2D eigenvalue weighted by Gasteiger charge is 2.25. The van der Waals surface area contributed by atoms with E-state index in [0.717, 1.165) is 12.8 Å². The zero-order valence-corrected chi connectivity index (χ0v) is 11.1. The number of carbonyl (C=O) groups is 1. The maximum absolute atomic E-state index is 11.5. The molecule has 1 aromatic heterocycles. The van der Waals surface area contributed by atoms with Gasteiger partial charge in [0, 0.05) is 6.04 Å². The largest absolute Gasteiger partial charge is 0.368 e. The van der Waals surface area contributed by atoms with E-state index in [1.807, 2.05) is 0 Å². The van der Waals surface area contributed by atoms with Crippen molar-refractivity contribution >= 4 is 28.8 Å². The number of carbonyl (C=O) groups excluding carboxylic acids is 1. The lowest BCUT2D eigenvalue weighted by atomic mass is 9.95. The van der Waals surface area contributed by atoms with Crippen LogP contribution in [0.5, 0.6) is 0 Å². The van der Waals surface area contributed by atoms with Crippen molar-refractivity contribution in [2.45, 2.75) is 44.2 Å². The first kappa shape index (κ1) is 12.8. The van der Waals surface area contributed by atoms with Crippen molar-refractivity contribution in [1.29, 1.82) is 0 Å². The topological polar surface area (TPSA) is 68.0 Å². The molecule has 1 aliphatic carbocycles. The Labute approximate surface area is 110 Å². The Kier molecular flexibility index (Phi) is 4.36. The number of halogens is 1. The van der Waals surface area contributed by atoms with Gasteiger partial charge >= 0.3 is 0 Å². The Morgan fingerprint density at radius 3 is 2.76 bits per heavy atom. The fraction of sp³-hybridized carbons (Fsp3) is 0.636. The number of nitrogens with zero attached hydrogens (tertiary/aromatic N) is 1. The lowest BCUT2D eigenvalue weighted by Gasteiger charge is -2.26. The van der Waals surface area contributed by atoms with Crippen molar-refractivity contribution in [2.24, 2.45) is 5.73 Å². The van der Waals surface area contributed by atoms with Crippen molar-refractivity contribution in [3.05, 3.63) is 15.5 Å². The van der Waals surface area contributed by atoms with Gasteiger partial charge in [-0.25, -0.2) is 4.98 Å². The summed E-state index contributed by atoms with van der Waals surface area (Å²) in [4.78, 5) is 15.6. The van der Waals surface area contributed by atoms with Gasteiger partial charge in [0.15, 0.2) is 0 Å². The van der Waals surface area contributed by atoms with Gasteiger partial charge in [-0.05, 0) is 12.8 Å². The summed E-state index contributed by atoms with van der Waals surface area (Å²) in [5, 5.41) is 3.96. The predicted molar refractivity (Wildman–Crippen MR) is 69.1 cm³/mol. The quantitative estimate of drug-likeness (QED) is 0.884. The molecule has 1 atom stereocenters. The van der Waals surface area contributed by atoms with Gasteiger partial charge in [0.2, 0.25) is 5.91 Å². The highest BCUT2D eigenvalue weighted by Crippen LogP contribution is 2.26. The number of thiazole rings is 1. The Balaban J connectivity index is 2.04. The molecule has 1 saturated carbocycles. The molecule has 0 spiro atoms. The summed E-state index contributed by atoms with van der Waals surface area (Å²) in [6.45, 7) is 0. The summed E-state index contributed by atoms with van der Waals surface area (Å²) < 4.78 is 0.580. The molecule has 3 N–H and O–H groups in total. The summed E-state index contributed by atoms with van der Waals surface area (Å²) in [5.74, 6) is -0.387. The molecule has 1 unspecified atom stereocenters. The molecular weight excluding hydrogens is 258 g/mol. The average Bonchev–Trinajstić information content (AvgIpc) is 2.73. The number of primary amides is 1. The van der Waals surface area contributed by atoms with Gasteiger partial charge in [0.05, 0.1) is 6.20 Å². The second kappa shape index (κ2) is 5.80. The smallest absolute Gasteiger partial charge is 0.241 e. The zero-order valence-electron chi connectivity index (χ0n) is 9.49. The van der Waals surface area contributed by atoms with Gasteiger partial charge in [-0.3, -0.25) is 10.1 Å². The molecule has 1 aliphatic rings. The highest BCUT2D eigenvalue weighted by atomic mass is 35.5. The van der Waals surface area contributed by atoms with Crippen molar-refractivity contribution < 1.29 is 4.79 Å². The molecule has 2 rings (SSSR count). The molecule has 0 aliphatic heterocycles. The number of nitrogens with one attached hydrogen (secondary N) is 1. The summed E-state index contributed by atoms with van der Waals surface area (Å²) >= 11 is 7.13. The highest BCUT2D eigenvalue weighted by molar-refractivity contribution is 7.16. The van der Waals surface area contributed by atoms with Gasteiger partial charge in [-0.15, -0.1) is 11.3 Å². The number of hydrogen-bond donors (Lipinski definition) is 2. The van der Waals surface area contributed by atoms with Crippen LogP contribution in [0.3, 0.4) is 0 Å². The monoisotopic (exact) mass is 273 g/mol. The zero-order chi connectivity index (χ0) is 12.3. The number of rotatable bonds is 4. The molecular formula is C11H16ClN3OS. The van der Waals surface area contributed by atoms with Crippen LogP contribution < -0.4 is 11.1 Å². The first-order valence-electron chi connectivity index (χ1n) is 5.83. The predicted octanol–water partition coefficient (Wildman–Crippen LogP) is 2.25. The van der Waals surface area contributed by atoms with Crippen LogP contribution in [0.1, 0.15) is 43.2 Å². The van der Waals surface area contributed by atoms with Crippen molar-refractivity contribution in [2.75, 3.05) is 0 Å². The van der Waals surface area contributed by atoms with Crippen molar-refractivity contribution in [3.63, 3.8) is 0 Å². The third kappa shape index (κ3) is 3.40. The summed E-state index contributed by atoms with van der Waals surface area (Å²) in [7, 11) is 0.